The van der Waals surface area contributed by atoms with E-state index in [0.717, 1.165) is 31.6 Å². The molecular weight excluding hydrogens is 355 g/mol. The minimum absolute atomic E-state index is 0.0621. The van der Waals surface area contributed by atoms with E-state index >= 15 is 0 Å². The van der Waals surface area contributed by atoms with E-state index in [4.69, 9.17) is 16.3 Å². The fourth-order valence-corrected chi connectivity index (χ4v) is 3.37. The van der Waals surface area contributed by atoms with Gasteiger partial charge in [0.25, 0.3) is 5.91 Å². The van der Waals surface area contributed by atoms with Gasteiger partial charge in [-0.25, -0.2) is 4.39 Å². The van der Waals surface area contributed by atoms with E-state index in [2.05, 4.69) is 4.90 Å². The zero-order valence-electron chi connectivity index (χ0n) is 14.8. The van der Waals surface area contributed by atoms with Gasteiger partial charge in [0.05, 0.1) is 12.7 Å². The summed E-state index contributed by atoms with van der Waals surface area (Å²) in [6, 6.07) is 11.7. The van der Waals surface area contributed by atoms with Crippen LogP contribution in [0.4, 0.5) is 4.39 Å². The molecule has 6 heteroatoms. The quantitative estimate of drug-likeness (QED) is 0.812. The van der Waals surface area contributed by atoms with E-state index in [0.29, 0.717) is 29.4 Å². The molecule has 0 unspecified atom stereocenters. The number of methoxy groups -OCH3 is 1. The minimum atomic E-state index is -0.225. The standard InChI is InChI=1S/C20H22ClFN2O2/c1-26-19-8-5-16(21)13-18(19)20(25)24-10-2-9-23(11-12-24)14-15-3-6-17(22)7-4-15/h3-8,13H,2,9-12,14H2,1H3. The van der Waals surface area contributed by atoms with Crippen molar-refractivity contribution in [1.29, 1.82) is 0 Å². The second kappa shape index (κ2) is 8.52. The van der Waals surface area contributed by atoms with E-state index in [1.54, 1.807) is 37.4 Å². The number of amides is 1. The molecule has 4 nitrogen and oxygen atoms in total. The zero-order chi connectivity index (χ0) is 18.5. The van der Waals surface area contributed by atoms with Gasteiger partial charge in [0.1, 0.15) is 11.6 Å². The fourth-order valence-electron chi connectivity index (χ4n) is 3.20. The highest BCUT2D eigenvalue weighted by Gasteiger charge is 2.23. The van der Waals surface area contributed by atoms with Crippen LogP contribution in [-0.2, 0) is 6.54 Å². The summed E-state index contributed by atoms with van der Waals surface area (Å²) in [7, 11) is 1.55. The van der Waals surface area contributed by atoms with Crippen LogP contribution in [0.5, 0.6) is 5.75 Å². The van der Waals surface area contributed by atoms with Crippen LogP contribution in [0.1, 0.15) is 22.3 Å². The Morgan fingerprint density at radius 3 is 2.62 bits per heavy atom. The largest absolute Gasteiger partial charge is 0.496 e. The molecule has 0 N–H and O–H groups in total. The predicted octanol–water partition coefficient (Wildman–Crippen LogP) is 3.84. The number of nitrogens with zero attached hydrogens (tertiary/aromatic N) is 2. The number of halogens is 2. The molecule has 1 aliphatic heterocycles. The number of ether oxygens (including phenoxy) is 1. The van der Waals surface area contributed by atoms with E-state index < -0.39 is 0 Å². The Balaban J connectivity index is 1.65. The Morgan fingerprint density at radius 1 is 1.12 bits per heavy atom. The van der Waals surface area contributed by atoms with Crippen molar-refractivity contribution >= 4 is 17.5 Å². The van der Waals surface area contributed by atoms with Crippen LogP contribution in [0.2, 0.25) is 5.02 Å². The predicted molar refractivity (Wildman–Crippen MR) is 100 cm³/mol. The molecule has 2 aromatic rings. The molecule has 0 radical (unpaired) electrons. The Labute approximate surface area is 158 Å². The summed E-state index contributed by atoms with van der Waals surface area (Å²) < 4.78 is 18.4. The first-order valence-electron chi connectivity index (χ1n) is 8.66. The second-order valence-corrected chi connectivity index (χ2v) is 6.83. The van der Waals surface area contributed by atoms with Crippen molar-refractivity contribution < 1.29 is 13.9 Å². The normalized spacial score (nSPS) is 15.6. The zero-order valence-corrected chi connectivity index (χ0v) is 15.5. The summed E-state index contributed by atoms with van der Waals surface area (Å²) in [5, 5.41) is 0.516. The number of hydrogen-bond acceptors (Lipinski definition) is 3. The van der Waals surface area contributed by atoms with Crippen LogP contribution in [0.25, 0.3) is 0 Å². The molecule has 1 saturated heterocycles. The molecule has 0 aliphatic carbocycles. The molecule has 3 rings (SSSR count). The van der Waals surface area contributed by atoms with Crippen LogP contribution < -0.4 is 4.74 Å². The molecule has 0 atom stereocenters. The number of hydrogen-bond donors (Lipinski definition) is 0. The van der Waals surface area contributed by atoms with Gasteiger partial charge in [0, 0.05) is 37.7 Å². The van der Waals surface area contributed by atoms with Crippen molar-refractivity contribution in [3.05, 3.63) is 64.4 Å². The molecule has 0 aromatic heterocycles. The van der Waals surface area contributed by atoms with E-state index in [1.807, 2.05) is 4.90 Å². The molecule has 0 bridgehead atoms. The summed E-state index contributed by atoms with van der Waals surface area (Å²) in [4.78, 5) is 17.0. The third-order valence-corrected chi connectivity index (χ3v) is 4.82. The van der Waals surface area contributed by atoms with Crippen molar-refractivity contribution in [1.82, 2.24) is 9.80 Å². The van der Waals surface area contributed by atoms with Gasteiger partial charge in [0.15, 0.2) is 0 Å². The minimum Gasteiger partial charge on any atom is -0.496 e. The van der Waals surface area contributed by atoms with Crippen molar-refractivity contribution in [3.8, 4) is 5.75 Å². The third kappa shape index (κ3) is 4.54. The summed E-state index contributed by atoms with van der Waals surface area (Å²) in [5.74, 6) is 0.247. The first-order valence-corrected chi connectivity index (χ1v) is 9.04. The first-order chi connectivity index (χ1) is 12.6. The summed E-state index contributed by atoms with van der Waals surface area (Å²) in [6.07, 6.45) is 0.885. The maximum Gasteiger partial charge on any atom is 0.257 e. The van der Waals surface area contributed by atoms with Gasteiger partial charge in [0.2, 0.25) is 0 Å². The lowest BCUT2D eigenvalue weighted by Gasteiger charge is -2.23. The van der Waals surface area contributed by atoms with Gasteiger partial charge >= 0.3 is 0 Å². The van der Waals surface area contributed by atoms with E-state index in [1.165, 1.54) is 12.1 Å². The van der Waals surface area contributed by atoms with Crippen LogP contribution in [0.15, 0.2) is 42.5 Å². The lowest BCUT2D eigenvalue weighted by Crippen LogP contribution is -2.35. The monoisotopic (exact) mass is 376 g/mol. The maximum atomic E-state index is 13.0. The van der Waals surface area contributed by atoms with E-state index in [9.17, 15) is 9.18 Å². The number of rotatable bonds is 4. The highest BCUT2D eigenvalue weighted by molar-refractivity contribution is 6.31. The van der Waals surface area contributed by atoms with Crippen molar-refractivity contribution in [2.75, 3.05) is 33.3 Å². The molecule has 0 saturated carbocycles. The molecule has 0 spiro atoms. The van der Waals surface area contributed by atoms with Gasteiger partial charge in [-0.3, -0.25) is 9.69 Å². The Hall–Kier alpha value is -2.11. The average molecular weight is 377 g/mol. The Kier molecular flexibility index (Phi) is 6.12. The van der Waals surface area contributed by atoms with Crippen LogP contribution in [0.3, 0.4) is 0 Å². The topological polar surface area (TPSA) is 32.8 Å². The molecule has 2 aromatic carbocycles. The summed E-state index contributed by atoms with van der Waals surface area (Å²) in [5.41, 5.74) is 1.56. The lowest BCUT2D eigenvalue weighted by atomic mass is 10.1. The Morgan fingerprint density at radius 2 is 1.88 bits per heavy atom. The fraction of sp³-hybridized carbons (Fsp3) is 0.350. The molecule has 138 valence electrons. The SMILES string of the molecule is COc1ccc(Cl)cc1C(=O)N1CCCN(Cc2ccc(F)cc2)CC1. The smallest absolute Gasteiger partial charge is 0.257 e. The molecule has 1 fully saturated rings. The number of benzene rings is 2. The average Bonchev–Trinajstić information content (AvgIpc) is 2.88. The molecule has 1 heterocycles. The number of carbonyl (C=O) groups excluding carboxylic acids is 1. The van der Waals surface area contributed by atoms with Crippen molar-refractivity contribution in [2.24, 2.45) is 0 Å². The van der Waals surface area contributed by atoms with Gasteiger partial charge in [-0.2, -0.15) is 0 Å². The second-order valence-electron chi connectivity index (χ2n) is 6.39. The molecular formula is C20H22ClFN2O2. The maximum absolute atomic E-state index is 13.0. The van der Waals surface area contributed by atoms with E-state index in [-0.39, 0.29) is 11.7 Å². The van der Waals surface area contributed by atoms with Crippen LogP contribution in [-0.4, -0.2) is 49.0 Å². The van der Waals surface area contributed by atoms with Gasteiger partial charge < -0.3 is 9.64 Å². The third-order valence-electron chi connectivity index (χ3n) is 4.59. The number of carbonyl (C=O) groups is 1. The van der Waals surface area contributed by atoms with Crippen LogP contribution >= 0.6 is 11.6 Å². The van der Waals surface area contributed by atoms with Gasteiger partial charge in [-0.1, -0.05) is 23.7 Å². The van der Waals surface area contributed by atoms with Crippen LogP contribution in [0, 0.1) is 5.82 Å². The first kappa shape index (κ1) is 18.7. The van der Waals surface area contributed by atoms with Gasteiger partial charge in [-0.05, 0) is 42.3 Å². The highest BCUT2D eigenvalue weighted by Crippen LogP contribution is 2.24. The van der Waals surface area contributed by atoms with Gasteiger partial charge in [-0.15, -0.1) is 0 Å². The molecule has 26 heavy (non-hydrogen) atoms. The summed E-state index contributed by atoms with van der Waals surface area (Å²) >= 11 is 6.05. The van der Waals surface area contributed by atoms with Crippen molar-refractivity contribution in [2.45, 2.75) is 13.0 Å². The lowest BCUT2D eigenvalue weighted by molar-refractivity contribution is 0.0757. The molecule has 1 amide bonds. The van der Waals surface area contributed by atoms with Crippen molar-refractivity contribution in [3.63, 3.8) is 0 Å². The Bertz CT molecular complexity index is 767. The highest BCUT2D eigenvalue weighted by atomic mass is 35.5. The summed E-state index contributed by atoms with van der Waals surface area (Å²) in [6.45, 7) is 3.74. The molecule has 1 aliphatic rings.